The molecule has 0 saturated carbocycles. The molecule has 1 aliphatic rings. The lowest BCUT2D eigenvalue weighted by atomic mass is 10.1. The SMILES string of the molecule is COC(=O)c1ccc(N2C(=O)c3ccc(NC(=O)c4ccc(N)cc4)cc3C2=O)cc1. The van der Waals surface area contributed by atoms with Gasteiger partial charge in [0.2, 0.25) is 0 Å². The largest absolute Gasteiger partial charge is 0.465 e. The number of fused-ring (bicyclic) bond motifs is 1. The monoisotopic (exact) mass is 415 g/mol. The van der Waals surface area contributed by atoms with Gasteiger partial charge in [0, 0.05) is 16.9 Å². The average Bonchev–Trinajstić information content (AvgIpc) is 3.03. The number of anilines is 3. The first-order chi connectivity index (χ1) is 14.9. The first-order valence-electron chi connectivity index (χ1n) is 9.27. The third kappa shape index (κ3) is 3.62. The van der Waals surface area contributed by atoms with E-state index in [1.54, 1.807) is 30.3 Å². The summed E-state index contributed by atoms with van der Waals surface area (Å²) in [6.45, 7) is 0. The van der Waals surface area contributed by atoms with E-state index in [1.807, 2.05) is 0 Å². The Morgan fingerprint density at radius 1 is 0.839 bits per heavy atom. The second-order valence-electron chi connectivity index (χ2n) is 6.82. The van der Waals surface area contributed by atoms with Crippen LogP contribution in [0, 0.1) is 0 Å². The molecular weight excluding hydrogens is 398 g/mol. The molecule has 0 radical (unpaired) electrons. The molecule has 0 bridgehead atoms. The van der Waals surface area contributed by atoms with Crippen LogP contribution < -0.4 is 16.0 Å². The standard InChI is InChI=1S/C23H17N3O5/c1-31-23(30)14-4-9-17(10-5-14)26-21(28)18-11-8-16(12-19(18)22(26)29)25-20(27)13-2-6-15(24)7-3-13/h2-12H,24H2,1H3,(H,25,27). The number of imide groups is 1. The highest BCUT2D eigenvalue weighted by molar-refractivity contribution is 6.34. The van der Waals surface area contributed by atoms with Crippen LogP contribution in [0.1, 0.15) is 41.4 Å². The predicted molar refractivity (Wildman–Crippen MR) is 114 cm³/mol. The van der Waals surface area contributed by atoms with E-state index in [9.17, 15) is 19.2 Å². The van der Waals surface area contributed by atoms with E-state index in [1.165, 1.54) is 43.5 Å². The van der Waals surface area contributed by atoms with Gasteiger partial charge in [0.25, 0.3) is 17.7 Å². The van der Waals surface area contributed by atoms with E-state index in [0.29, 0.717) is 28.2 Å². The number of nitrogen functional groups attached to an aromatic ring is 1. The number of hydrogen-bond acceptors (Lipinski definition) is 6. The molecule has 0 fully saturated rings. The lowest BCUT2D eigenvalue weighted by Crippen LogP contribution is -2.29. The van der Waals surface area contributed by atoms with Crippen molar-refractivity contribution < 1.29 is 23.9 Å². The van der Waals surface area contributed by atoms with Gasteiger partial charge in [0.1, 0.15) is 0 Å². The number of rotatable bonds is 4. The van der Waals surface area contributed by atoms with Gasteiger partial charge in [-0.2, -0.15) is 0 Å². The average molecular weight is 415 g/mol. The molecule has 0 aromatic heterocycles. The van der Waals surface area contributed by atoms with Crippen LogP contribution in [0.4, 0.5) is 17.1 Å². The van der Waals surface area contributed by atoms with Crippen molar-refractivity contribution >= 4 is 40.8 Å². The summed E-state index contributed by atoms with van der Waals surface area (Å²) in [6.07, 6.45) is 0. The number of methoxy groups -OCH3 is 1. The van der Waals surface area contributed by atoms with Crippen LogP contribution in [0.3, 0.4) is 0 Å². The van der Waals surface area contributed by atoms with Gasteiger partial charge in [-0.25, -0.2) is 9.69 Å². The van der Waals surface area contributed by atoms with Crippen LogP contribution in [-0.4, -0.2) is 30.8 Å². The van der Waals surface area contributed by atoms with Crippen LogP contribution in [0.2, 0.25) is 0 Å². The summed E-state index contributed by atoms with van der Waals surface area (Å²) < 4.78 is 4.65. The van der Waals surface area contributed by atoms with Crippen molar-refractivity contribution in [3.05, 3.63) is 89.0 Å². The summed E-state index contributed by atoms with van der Waals surface area (Å²) in [4.78, 5) is 50.7. The minimum absolute atomic E-state index is 0.178. The Morgan fingerprint density at radius 3 is 2.10 bits per heavy atom. The van der Waals surface area contributed by atoms with Crippen molar-refractivity contribution in [1.29, 1.82) is 0 Å². The van der Waals surface area contributed by atoms with Crippen molar-refractivity contribution in [2.45, 2.75) is 0 Å². The Balaban J connectivity index is 1.58. The number of nitrogens with two attached hydrogens (primary N) is 1. The van der Waals surface area contributed by atoms with Gasteiger partial charge < -0.3 is 15.8 Å². The molecule has 0 atom stereocenters. The molecule has 0 saturated heterocycles. The highest BCUT2D eigenvalue weighted by atomic mass is 16.5. The maximum absolute atomic E-state index is 12.9. The molecule has 1 heterocycles. The highest BCUT2D eigenvalue weighted by Gasteiger charge is 2.37. The number of ether oxygens (including phenoxy) is 1. The van der Waals surface area contributed by atoms with E-state index < -0.39 is 17.8 Å². The second-order valence-corrected chi connectivity index (χ2v) is 6.82. The zero-order chi connectivity index (χ0) is 22.1. The maximum Gasteiger partial charge on any atom is 0.337 e. The smallest absolute Gasteiger partial charge is 0.337 e. The summed E-state index contributed by atoms with van der Waals surface area (Å²) >= 11 is 0. The molecule has 3 aromatic carbocycles. The lowest BCUT2D eigenvalue weighted by molar-refractivity contribution is 0.0600. The number of hydrogen-bond donors (Lipinski definition) is 2. The number of amides is 3. The third-order valence-electron chi connectivity index (χ3n) is 4.86. The van der Waals surface area contributed by atoms with Gasteiger partial charge in [-0.05, 0) is 66.7 Å². The topological polar surface area (TPSA) is 119 Å². The number of nitrogens with zero attached hydrogens (tertiary/aromatic N) is 1. The summed E-state index contributed by atoms with van der Waals surface area (Å²) in [6, 6.07) is 16.9. The number of nitrogens with one attached hydrogen (secondary N) is 1. The molecule has 0 unspecified atom stereocenters. The first-order valence-corrected chi connectivity index (χ1v) is 9.27. The maximum atomic E-state index is 12.9. The molecule has 8 heteroatoms. The summed E-state index contributed by atoms with van der Waals surface area (Å²) in [7, 11) is 1.27. The minimum atomic E-state index is -0.519. The predicted octanol–water partition coefficient (Wildman–Crippen LogP) is 3.11. The molecule has 8 nitrogen and oxygen atoms in total. The molecule has 0 spiro atoms. The molecule has 1 aliphatic heterocycles. The zero-order valence-electron chi connectivity index (χ0n) is 16.4. The fraction of sp³-hybridized carbons (Fsp3) is 0.0435. The lowest BCUT2D eigenvalue weighted by Gasteiger charge is -2.14. The normalized spacial score (nSPS) is 12.5. The van der Waals surface area contributed by atoms with Gasteiger partial charge in [-0.1, -0.05) is 0 Å². The molecule has 154 valence electrons. The van der Waals surface area contributed by atoms with Crippen molar-refractivity contribution in [2.75, 3.05) is 23.1 Å². The van der Waals surface area contributed by atoms with Gasteiger partial charge in [0.15, 0.2) is 0 Å². The summed E-state index contributed by atoms with van der Waals surface area (Å²) in [5.74, 6) is -1.89. The van der Waals surface area contributed by atoms with Gasteiger partial charge in [0.05, 0.1) is 29.5 Å². The second kappa shape index (κ2) is 7.75. The number of esters is 1. The number of benzene rings is 3. The fourth-order valence-corrected chi connectivity index (χ4v) is 3.26. The Labute approximate surface area is 177 Å². The van der Waals surface area contributed by atoms with E-state index >= 15 is 0 Å². The molecule has 3 amide bonds. The van der Waals surface area contributed by atoms with Gasteiger partial charge >= 0.3 is 5.97 Å². The van der Waals surface area contributed by atoms with E-state index in [-0.39, 0.29) is 17.0 Å². The molecule has 4 rings (SSSR count). The fourth-order valence-electron chi connectivity index (χ4n) is 3.26. The van der Waals surface area contributed by atoms with Crippen LogP contribution in [0.5, 0.6) is 0 Å². The van der Waals surface area contributed by atoms with Crippen molar-refractivity contribution in [2.24, 2.45) is 0 Å². The van der Waals surface area contributed by atoms with Crippen molar-refractivity contribution in [3.8, 4) is 0 Å². The van der Waals surface area contributed by atoms with Crippen molar-refractivity contribution in [1.82, 2.24) is 0 Å². The van der Waals surface area contributed by atoms with Crippen LogP contribution in [0.25, 0.3) is 0 Å². The van der Waals surface area contributed by atoms with E-state index in [2.05, 4.69) is 10.1 Å². The minimum Gasteiger partial charge on any atom is -0.465 e. The van der Waals surface area contributed by atoms with E-state index in [0.717, 1.165) is 4.90 Å². The van der Waals surface area contributed by atoms with Gasteiger partial charge in [-0.3, -0.25) is 14.4 Å². The van der Waals surface area contributed by atoms with Crippen molar-refractivity contribution in [3.63, 3.8) is 0 Å². The number of carbonyl (C=O) groups is 4. The van der Waals surface area contributed by atoms with Crippen LogP contribution >= 0.6 is 0 Å². The van der Waals surface area contributed by atoms with Crippen LogP contribution in [-0.2, 0) is 4.74 Å². The third-order valence-corrected chi connectivity index (χ3v) is 4.86. The first kappa shape index (κ1) is 19.8. The quantitative estimate of drug-likeness (QED) is 0.384. The molecule has 31 heavy (non-hydrogen) atoms. The molecular formula is C23H17N3O5. The Kier molecular flexibility index (Phi) is 4.96. The zero-order valence-corrected chi connectivity index (χ0v) is 16.4. The number of carbonyl (C=O) groups excluding carboxylic acids is 4. The van der Waals surface area contributed by atoms with Gasteiger partial charge in [-0.15, -0.1) is 0 Å². The highest BCUT2D eigenvalue weighted by Crippen LogP contribution is 2.30. The molecule has 0 aliphatic carbocycles. The molecule has 3 N–H and O–H groups in total. The Morgan fingerprint density at radius 2 is 1.45 bits per heavy atom. The Bertz CT molecular complexity index is 1220. The van der Waals surface area contributed by atoms with Crippen LogP contribution in [0.15, 0.2) is 66.7 Å². The summed E-state index contributed by atoms with van der Waals surface area (Å²) in [5, 5.41) is 2.71. The molecule has 3 aromatic rings. The van der Waals surface area contributed by atoms with E-state index in [4.69, 9.17) is 5.73 Å². The Hall–Kier alpha value is -4.46. The summed E-state index contributed by atoms with van der Waals surface area (Å²) in [5.41, 5.74) is 7.99.